The van der Waals surface area contributed by atoms with Crippen molar-refractivity contribution in [2.75, 3.05) is 7.05 Å². The molecule has 0 aliphatic carbocycles. The first-order chi connectivity index (χ1) is 8.97. The number of aryl methyl sites for hydroxylation is 1. The van der Waals surface area contributed by atoms with Crippen LogP contribution in [-0.2, 0) is 6.54 Å². The normalized spacial score (nSPS) is 10.5. The summed E-state index contributed by atoms with van der Waals surface area (Å²) in [6.45, 7) is 2.19. The van der Waals surface area contributed by atoms with Crippen LogP contribution < -0.4 is 0 Å². The molecule has 6 heteroatoms. The summed E-state index contributed by atoms with van der Waals surface area (Å²) in [6.07, 6.45) is 1.49. The lowest BCUT2D eigenvalue weighted by atomic mass is 10.2. The number of aromatic nitrogens is 1. The highest BCUT2D eigenvalue weighted by Crippen LogP contribution is 2.19. The lowest BCUT2D eigenvalue weighted by molar-refractivity contribution is 0.0775. The third-order valence-electron chi connectivity index (χ3n) is 2.59. The van der Waals surface area contributed by atoms with Crippen molar-refractivity contribution in [3.63, 3.8) is 0 Å². The monoisotopic (exact) mass is 342 g/mol. The molecule has 0 aromatic carbocycles. The second-order valence-corrected chi connectivity index (χ2v) is 5.36. The fraction of sp³-hybridized carbons (Fsp3) is 0.231. The highest BCUT2D eigenvalue weighted by molar-refractivity contribution is 9.10. The van der Waals surface area contributed by atoms with E-state index in [4.69, 9.17) is 16.0 Å². The van der Waals surface area contributed by atoms with Gasteiger partial charge in [0.1, 0.15) is 5.76 Å². The lowest BCUT2D eigenvalue weighted by Crippen LogP contribution is -2.26. The van der Waals surface area contributed by atoms with E-state index in [1.165, 1.54) is 11.1 Å². The number of pyridine rings is 1. The van der Waals surface area contributed by atoms with Crippen molar-refractivity contribution in [1.29, 1.82) is 0 Å². The minimum absolute atomic E-state index is 0.190. The molecule has 0 N–H and O–H groups in total. The standard InChI is InChI=1S/C13H12BrClN2O2/c1-8-5-11(15)10(6-16-8)13(18)17(2)7-9-3-4-12(14)19-9/h3-6H,7H2,1-2H3. The molecule has 0 unspecified atom stereocenters. The van der Waals surface area contributed by atoms with Crippen LogP contribution in [0.2, 0.25) is 5.02 Å². The Morgan fingerprint density at radius 1 is 1.53 bits per heavy atom. The van der Waals surface area contributed by atoms with E-state index in [2.05, 4.69) is 20.9 Å². The van der Waals surface area contributed by atoms with Crippen LogP contribution in [0.4, 0.5) is 0 Å². The summed E-state index contributed by atoms with van der Waals surface area (Å²) in [5.74, 6) is 0.504. The molecule has 0 aliphatic rings. The molecule has 2 aromatic rings. The van der Waals surface area contributed by atoms with Crippen molar-refractivity contribution in [2.24, 2.45) is 0 Å². The molecule has 0 saturated heterocycles. The average Bonchev–Trinajstić information content (AvgIpc) is 2.74. The van der Waals surface area contributed by atoms with Gasteiger partial charge in [-0.3, -0.25) is 9.78 Å². The van der Waals surface area contributed by atoms with Crippen molar-refractivity contribution in [3.8, 4) is 0 Å². The molecule has 0 aliphatic heterocycles. The molecule has 0 fully saturated rings. The number of carbonyl (C=O) groups excluding carboxylic acids is 1. The first-order valence-electron chi connectivity index (χ1n) is 5.59. The summed E-state index contributed by atoms with van der Waals surface area (Å²) in [5, 5.41) is 0.407. The highest BCUT2D eigenvalue weighted by atomic mass is 79.9. The number of carbonyl (C=O) groups is 1. The number of hydrogen-bond donors (Lipinski definition) is 0. The molecule has 19 heavy (non-hydrogen) atoms. The third-order valence-corrected chi connectivity index (χ3v) is 3.33. The predicted molar refractivity (Wildman–Crippen MR) is 76.2 cm³/mol. The molecule has 4 nitrogen and oxygen atoms in total. The first-order valence-corrected chi connectivity index (χ1v) is 6.76. The number of nitrogens with zero attached hydrogens (tertiary/aromatic N) is 2. The molecule has 2 heterocycles. The fourth-order valence-electron chi connectivity index (χ4n) is 1.63. The molecule has 0 atom stereocenters. The molecular formula is C13H12BrClN2O2. The van der Waals surface area contributed by atoms with Gasteiger partial charge in [-0.05, 0) is 41.1 Å². The molecule has 0 radical (unpaired) electrons. The number of hydrogen-bond acceptors (Lipinski definition) is 3. The summed E-state index contributed by atoms with van der Waals surface area (Å²) in [4.78, 5) is 17.9. The van der Waals surface area contributed by atoms with Crippen molar-refractivity contribution >= 4 is 33.4 Å². The quantitative estimate of drug-likeness (QED) is 0.854. The topological polar surface area (TPSA) is 46.3 Å². The minimum atomic E-state index is -0.190. The van der Waals surface area contributed by atoms with Crippen molar-refractivity contribution in [2.45, 2.75) is 13.5 Å². The Labute approximate surface area is 124 Å². The number of amides is 1. The SMILES string of the molecule is Cc1cc(Cl)c(C(=O)N(C)Cc2ccc(Br)o2)cn1. The van der Waals surface area contributed by atoms with Crippen LogP contribution in [0, 0.1) is 6.92 Å². The van der Waals surface area contributed by atoms with Crippen LogP contribution in [0.15, 0.2) is 33.5 Å². The second-order valence-electron chi connectivity index (χ2n) is 4.17. The zero-order valence-corrected chi connectivity index (χ0v) is 12.8. The fourth-order valence-corrected chi connectivity index (χ4v) is 2.26. The summed E-state index contributed by atoms with van der Waals surface area (Å²) in [6, 6.07) is 5.27. The maximum atomic E-state index is 12.2. The van der Waals surface area contributed by atoms with Gasteiger partial charge in [-0.15, -0.1) is 0 Å². The number of halogens is 2. The molecule has 0 spiro atoms. The predicted octanol–water partition coefficient (Wildman–Crippen LogP) is 3.67. The first kappa shape index (κ1) is 14.1. The van der Waals surface area contributed by atoms with Crippen LogP contribution in [0.25, 0.3) is 0 Å². The van der Waals surface area contributed by atoms with E-state index in [9.17, 15) is 4.79 Å². The van der Waals surface area contributed by atoms with E-state index < -0.39 is 0 Å². The van der Waals surface area contributed by atoms with Gasteiger partial charge in [-0.2, -0.15) is 0 Å². The Hall–Kier alpha value is -1.33. The Balaban J connectivity index is 2.14. The molecule has 100 valence electrons. The number of rotatable bonds is 3. The van der Waals surface area contributed by atoms with Gasteiger partial charge in [-0.25, -0.2) is 0 Å². The van der Waals surface area contributed by atoms with E-state index in [1.807, 2.05) is 13.0 Å². The van der Waals surface area contributed by atoms with E-state index in [1.54, 1.807) is 19.2 Å². The lowest BCUT2D eigenvalue weighted by Gasteiger charge is -2.16. The minimum Gasteiger partial charge on any atom is -0.452 e. The summed E-state index contributed by atoms with van der Waals surface area (Å²) < 4.78 is 6.00. The molecule has 2 rings (SSSR count). The largest absolute Gasteiger partial charge is 0.452 e. The van der Waals surface area contributed by atoms with Gasteiger partial charge in [0.05, 0.1) is 17.1 Å². The number of furan rings is 1. The smallest absolute Gasteiger partial charge is 0.257 e. The Kier molecular flexibility index (Phi) is 4.27. The maximum Gasteiger partial charge on any atom is 0.257 e. The Morgan fingerprint density at radius 2 is 2.26 bits per heavy atom. The van der Waals surface area contributed by atoms with Gasteiger partial charge in [0.15, 0.2) is 4.67 Å². The molecule has 2 aromatic heterocycles. The van der Waals surface area contributed by atoms with Gasteiger partial charge in [0.2, 0.25) is 0 Å². The van der Waals surface area contributed by atoms with Crippen molar-refractivity contribution < 1.29 is 9.21 Å². The zero-order valence-electron chi connectivity index (χ0n) is 10.5. The molecular weight excluding hydrogens is 332 g/mol. The van der Waals surface area contributed by atoms with Crippen LogP contribution in [0.1, 0.15) is 21.8 Å². The van der Waals surface area contributed by atoms with Gasteiger partial charge in [0, 0.05) is 18.9 Å². The third kappa shape index (κ3) is 3.36. The van der Waals surface area contributed by atoms with Crippen molar-refractivity contribution in [3.05, 3.63) is 51.1 Å². The van der Waals surface area contributed by atoms with Gasteiger partial charge >= 0.3 is 0 Å². The van der Waals surface area contributed by atoms with Gasteiger partial charge in [-0.1, -0.05) is 11.6 Å². The van der Waals surface area contributed by atoms with Crippen LogP contribution >= 0.6 is 27.5 Å². The Bertz CT molecular complexity index is 612. The molecule has 1 amide bonds. The maximum absolute atomic E-state index is 12.2. The van der Waals surface area contributed by atoms with Crippen LogP contribution in [0.5, 0.6) is 0 Å². The highest BCUT2D eigenvalue weighted by Gasteiger charge is 2.17. The van der Waals surface area contributed by atoms with Gasteiger partial charge < -0.3 is 9.32 Å². The van der Waals surface area contributed by atoms with E-state index in [0.29, 0.717) is 27.6 Å². The van der Waals surface area contributed by atoms with Gasteiger partial charge in [0.25, 0.3) is 5.91 Å². The van der Waals surface area contributed by atoms with E-state index >= 15 is 0 Å². The Morgan fingerprint density at radius 3 is 2.84 bits per heavy atom. The van der Waals surface area contributed by atoms with E-state index in [-0.39, 0.29) is 5.91 Å². The summed E-state index contributed by atoms with van der Waals surface area (Å²) in [7, 11) is 1.69. The van der Waals surface area contributed by atoms with Crippen LogP contribution in [-0.4, -0.2) is 22.8 Å². The summed E-state index contributed by atoms with van der Waals surface area (Å²) >= 11 is 9.28. The summed E-state index contributed by atoms with van der Waals surface area (Å²) in [5.41, 5.74) is 1.17. The van der Waals surface area contributed by atoms with E-state index in [0.717, 1.165) is 5.69 Å². The second kappa shape index (κ2) is 5.75. The van der Waals surface area contributed by atoms with Crippen LogP contribution in [0.3, 0.4) is 0 Å². The van der Waals surface area contributed by atoms with Crippen molar-refractivity contribution in [1.82, 2.24) is 9.88 Å². The molecule has 0 bridgehead atoms. The zero-order chi connectivity index (χ0) is 14.0. The average molecular weight is 344 g/mol. The molecule has 0 saturated carbocycles.